The zero-order chi connectivity index (χ0) is 28.2. The third kappa shape index (κ3) is 6.46. The van der Waals surface area contributed by atoms with Crippen LogP contribution in [-0.4, -0.2) is 44.7 Å². The maximum absolute atomic E-state index is 13.1. The molecule has 0 radical (unpaired) electrons. The summed E-state index contributed by atoms with van der Waals surface area (Å²) in [7, 11) is -2.80. The molecule has 0 spiro atoms. The van der Waals surface area contributed by atoms with Gasteiger partial charge in [0, 0.05) is 5.56 Å². The van der Waals surface area contributed by atoms with Crippen molar-refractivity contribution in [2.75, 3.05) is 20.3 Å². The van der Waals surface area contributed by atoms with E-state index in [0.29, 0.717) is 0 Å². The Labute approximate surface area is 232 Å². The molecular weight excluding hydrogens is 538 g/mol. The van der Waals surface area contributed by atoms with E-state index in [2.05, 4.69) is 13.8 Å². The number of carbonyl (C=O) groups is 2. The zero-order valence-electron chi connectivity index (χ0n) is 22.0. The van der Waals surface area contributed by atoms with Gasteiger partial charge in [-0.1, -0.05) is 56.3 Å². The van der Waals surface area contributed by atoms with E-state index in [-0.39, 0.29) is 45.9 Å². The highest BCUT2D eigenvalue weighted by Gasteiger charge is 2.35. The highest BCUT2D eigenvalue weighted by Crippen LogP contribution is 2.38. The van der Waals surface area contributed by atoms with Crippen molar-refractivity contribution in [3.8, 4) is 17.2 Å². The lowest BCUT2D eigenvalue weighted by Crippen LogP contribution is -2.32. The molecule has 1 heterocycles. The Morgan fingerprint density at radius 1 is 0.974 bits per heavy atom. The maximum Gasteiger partial charge on any atom is 0.339 e. The zero-order valence-corrected chi connectivity index (χ0v) is 23.7. The van der Waals surface area contributed by atoms with Crippen molar-refractivity contribution in [2.45, 2.75) is 31.6 Å². The van der Waals surface area contributed by atoms with Crippen LogP contribution < -0.4 is 13.7 Å². The predicted molar refractivity (Wildman–Crippen MR) is 151 cm³/mol. The molecule has 10 heteroatoms. The summed E-state index contributed by atoms with van der Waals surface area (Å²) in [6.07, 6.45) is 1.43. The van der Waals surface area contributed by atoms with E-state index in [1.54, 1.807) is 36.4 Å². The highest BCUT2D eigenvalue weighted by molar-refractivity contribution is 8.18. The van der Waals surface area contributed by atoms with Crippen LogP contribution in [0.25, 0.3) is 6.08 Å². The first kappa shape index (κ1) is 28.3. The van der Waals surface area contributed by atoms with Crippen molar-refractivity contribution in [3.05, 3.63) is 88.3 Å². The number of thioether (sulfide) groups is 1. The molecule has 0 aromatic heterocycles. The van der Waals surface area contributed by atoms with Gasteiger partial charge in [0.25, 0.3) is 11.1 Å². The molecule has 1 aliphatic rings. The molecule has 39 heavy (non-hydrogen) atoms. The Balaban J connectivity index is 1.54. The van der Waals surface area contributed by atoms with Crippen molar-refractivity contribution in [2.24, 2.45) is 0 Å². The van der Waals surface area contributed by atoms with Crippen LogP contribution in [0.1, 0.15) is 36.5 Å². The number of amides is 2. The third-order valence-corrected chi connectivity index (χ3v) is 8.12. The number of ether oxygens (including phenoxy) is 2. The molecule has 204 valence electrons. The second kappa shape index (κ2) is 12.0. The number of methoxy groups -OCH3 is 1. The lowest BCUT2D eigenvalue weighted by atomic mass is 10.0. The number of benzene rings is 3. The van der Waals surface area contributed by atoms with E-state index in [4.69, 9.17) is 13.7 Å². The topological polar surface area (TPSA) is 99.2 Å². The second-order valence-electron chi connectivity index (χ2n) is 9.11. The van der Waals surface area contributed by atoms with Crippen molar-refractivity contribution >= 4 is 39.1 Å². The normalized spacial score (nSPS) is 14.8. The van der Waals surface area contributed by atoms with E-state index in [1.165, 1.54) is 25.3 Å². The largest absolute Gasteiger partial charge is 0.493 e. The van der Waals surface area contributed by atoms with Gasteiger partial charge in [0.2, 0.25) is 0 Å². The highest BCUT2D eigenvalue weighted by atomic mass is 32.2. The summed E-state index contributed by atoms with van der Waals surface area (Å²) in [5.41, 5.74) is 2.37. The van der Waals surface area contributed by atoms with Crippen LogP contribution in [0.2, 0.25) is 0 Å². The minimum Gasteiger partial charge on any atom is -0.493 e. The predicted octanol–water partition coefficient (Wildman–Crippen LogP) is 6.01. The first-order valence-electron chi connectivity index (χ1n) is 12.3. The lowest BCUT2D eigenvalue weighted by Gasteiger charge is -2.17. The standard InChI is InChI=1S/C29H29NO7S2/c1-19(2)23-14-13-20(3)17-25(23)36-16-15-30-28(31)26(38-29(30)32)18-21-9-8-12-24(35-4)27(21)37-39(33,34)22-10-6-5-7-11-22/h5-14,17-19H,15-16H2,1-4H3/b26-18-. The molecule has 8 nitrogen and oxygen atoms in total. The number of para-hydroxylation sites is 1. The van der Waals surface area contributed by atoms with Crippen LogP contribution in [0.15, 0.2) is 76.5 Å². The molecule has 0 bridgehead atoms. The second-order valence-corrected chi connectivity index (χ2v) is 11.6. The van der Waals surface area contributed by atoms with Gasteiger partial charge in [0.05, 0.1) is 18.6 Å². The molecule has 1 aliphatic heterocycles. The van der Waals surface area contributed by atoms with Crippen LogP contribution in [0, 0.1) is 6.92 Å². The number of nitrogens with zero attached hydrogens (tertiary/aromatic N) is 1. The Bertz CT molecular complexity index is 1520. The Morgan fingerprint density at radius 3 is 2.41 bits per heavy atom. The quantitative estimate of drug-likeness (QED) is 0.217. The number of rotatable bonds is 10. The van der Waals surface area contributed by atoms with Gasteiger partial charge < -0.3 is 13.7 Å². The fraction of sp³-hybridized carbons (Fsp3) is 0.241. The summed E-state index contributed by atoms with van der Waals surface area (Å²) >= 11 is 0.767. The minimum atomic E-state index is -4.18. The molecule has 0 N–H and O–H groups in total. The van der Waals surface area contributed by atoms with Gasteiger partial charge >= 0.3 is 10.1 Å². The monoisotopic (exact) mass is 567 g/mol. The average Bonchev–Trinajstić information content (AvgIpc) is 3.17. The Hall–Kier alpha value is -3.76. The van der Waals surface area contributed by atoms with E-state index in [0.717, 1.165) is 33.5 Å². The van der Waals surface area contributed by atoms with Crippen LogP contribution in [0.4, 0.5) is 4.79 Å². The molecule has 2 amide bonds. The van der Waals surface area contributed by atoms with Crippen molar-refractivity contribution in [1.29, 1.82) is 0 Å². The van der Waals surface area contributed by atoms with Gasteiger partial charge in [0.15, 0.2) is 11.5 Å². The molecule has 3 aromatic carbocycles. The number of hydrogen-bond acceptors (Lipinski definition) is 8. The summed E-state index contributed by atoms with van der Waals surface area (Å²) in [4.78, 5) is 27.0. The van der Waals surface area contributed by atoms with Gasteiger partial charge in [0.1, 0.15) is 17.3 Å². The minimum absolute atomic E-state index is 0.0311. The molecule has 0 unspecified atom stereocenters. The molecular formula is C29H29NO7S2. The Morgan fingerprint density at radius 2 is 1.72 bits per heavy atom. The van der Waals surface area contributed by atoms with Crippen LogP contribution in [0.5, 0.6) is 17.2 Å². The molecule has 1 saturated heterocycles. The van der Waals surface area contributed by atoms with Crippen molar-refractivity contribution in [3.63, 3.8) is 0 Å². The number of aryl methyl sites for hydroxylation is 1. The van der Waals surface area contributed by atoms with Gasteiger partial charge in [-0.3, -0.25) is 14.5 Å². The van der Waals surface area contributed by atoms with E-state index in [1.807, 2.05) is 25.1 Å². The fourth-order valence-corrected chi connectivity index (χ4v) is 5.81. The molecule has 4 rings (SSSR count). The van der Waals surface area contributed by atoms with Crippen LogP contribution >= 0.6 is 11.8 Å². The summed E-state index contributed by atoms with van der Waals surface area (Å²) in [6, 6.07) is 18.4. The molecule has 0 aliphatic carbocycles. The van der Waals surface area contributed by atoms with Gasteiger partial charge in [-0.15, -0.1) is 0 Å². The summed E-state index contributed by atoms with van der Waals surface area (Å²) < 4.78 is 42.6. The first-order valence-corrected chi connectivity index (χ1v) is 14.5. The average molecular weight is 568 g/mol. The van der Waals surface area contributed by atoms with Crippen LogP contribution in [0.3, 0.4) is 0 Å². The van der Waals surface area contributed by atoms with Gasteiger partial charge in [-0.25, -0.2) is 0 Å². The number of carbonyl (C=O) groups excluding carboxylic acids is 2. The molecule has 0 saturated carbocycles. The molecule has 0 atom stereocenters. The lowest BCUT2D eigenvalue weighted by molar-refractivity contribution is -0.123. The Kier molecular flexibility index (Phi) is 8.66. The van der Waals surface area contributed by atoms with Gasteiger partial charge in [-0.2, -0.15) is 8.42 Å². The van der Waals surface area contributed by atoms with Gasteiger partial charge in [-0.05, 0) is 66.1 Å². The number of hydrogen-bond donors (Lipinski definition) is 0. The summed E-state index contributed by atoms with van der Waals surface area (Å²) in [6.45, 7) is 6.31. The van der Waals surface area contributed by atoms with Crippen molar-refractivity contribution in [1.82, 2.24) is 4.90 Å². The van der Waals surface area contributed by atoms with E-state index < -0.39 is 21.3 Å². The van der Waals surface area contributed by atoms with E-state index in [9.17, 15) is 18.0 Å². The SMILES string of the molecule is COc1cccc(/C=C2\SC(=O)N(CCOc3cc(C)ccc3C(C)C)C2=O)c1OS(=O)(=O)c1ccccc1. The molecule has 1 fully saturated rings. The number of imide groups is 1. The smallest absolute Gasteiger partial charge is 0.339 e. The maximum atomic E-state index is 13.1. The van der Waals surface area contributed by atoms with E-state index >= 15 is 0 Å². The first-order chi connectivity index (χ1) is 18.6. The van der Waals surface area contributed by atoms with Crippen LogP contribution in [-0.2, 0) is 14.9 Å². The fourth-order valence-electron chi connectivity index (χ4n) is 3.97. The van der Waals surface area contributed by atoms with Crippen molar-refractivity contribution < 1.29 is 31.7 Å². The summed E-state index contributed by atoms with van der Waals surface area (Å²) in [5, 5.41) is -0.439. The molecule has 3 aromatic rings. The third-order valence-electron chi connectivity index (χ3n) is 5.98. The summed E-state index contributed by atoms with van der Waals surface area (Å²) in [5.74, 6) is 0.562.